The lowest BCUT2D eigenvalue weighted by Gasteiger charge is -2.07. The van der Waals surface area contributed by atoms with E-state index in [0.29, 0.717) is 16.5 Å². The fourth-order valence-corrected chi connectivity index (χ4v) is 3.26. The van der Waals surface area contributed by atoms with Crippen molar-refractivity contribution >= 4 is 40.6 Å². The van der Waals surface area contributed by atoms with Crippen molar-refractivity contribution in [2.75, 3.05) is 11.1 Å². The predicted octanol–water partition coefficient (Wildman–Crippen LogP) is 3.91. The molecule has 0 aliphatic rings. The van der Waals surface area contributed by atoms with Crippen LogP contribution < -0.4 is 5.32 Å². The largest absolute Gasteiger partial charge is 0.320 e. The zero-order valence-corrected chi connectivity index (χ0v) is 16.0. The van der Waals surface area contributed by atoms with Crippen molar-refractivity contribution in [2.24, 2.45) is 7.05 Å². The Bertz CT molecular complexity index is 1040. The third-order valence-corrected chi connectivity index (χ3v) is 4.95. The Hall–Kier alpha value is -2.98. The Morgan fingerprint density at radius 3 is 2.68 bits per heavy atom. The molecule has 0 aliphatic carbocycles. The first-order valence-corrected chi connectivity index (χ1v) is 9.23. The van der Waals surface area contributed by atoms with Gasteiger partial charge in [-0.3, -0.25) is 14.9 Å². The number of carbonyl (C=O) groups is 1. The number of nitrogens with zero attached hydrogens (tertiary/aromatic N) is 4. The van der Waals surface area contributed by atoms with Crippen LogP contribution in [0.25, 0.3) is 11.4 Å². The summed E-state index contributed by atoms with van der Waals surface area (Å²) >= 11 is 6.96. The lowest BCUT2D eigenvalue weighted by atomic mass is 10.2. The van der Waals surface area contributed by atoms with Crippen molar-refractivity contribution in [1.29, 1.82) is 0 Å². The van der Waals surface area contributed by atoms with E-state index >= 15 is 0 Å². The zero-order valence-electron chi connectivity index (χ0n) is 14.4. The van der Waals surface area contributed by atoms with E-state index in [1.807, 2.05) is 0 Å². The summed E-state index contributed by atoms with van der Waals surface area (Å²) in [5, 5.41) is 22.4. The molecule has 3 aromatic rings. The molecule has 0 saturated carbocycles. The van der Waals surface area contributed by atoms with Crippen LogP contribution in [0.4, 0.5) is 15.8 Å². The minimum atomic E-state index is -0.600. The molecule has 1 amide bonds. The molecule has 2 aromatic carbocycles. The van der Waals surface area contributed by atoms with Gasteiger partial charge in [0.15, 0.2) is 11.0 Å². The summed E-state index contributed by atoms with van der Waals surface area (Å²) < 4.78 is 14.7. The topological polar surface area (TPSA) is 103 Å². The first kappa shape index (κ1) is 19.8. The highest BCUT2D eigenvalue weighted by molar-refractivity contribution is 7.99. The Kier molecular flexibility index (Phi) is 5.90. The van der Waals surface area contributed by atoms with Crippen LogP contribution in [0.5, 0.6) is 0 Å². The predicted molar refractivity (Wildman–Crippen MR) is 104 cm³/mol. The molecule has 1 aromatic heterocycles. The zero-order chi connectivity index (χ0) is 20.3. The molecule has 28 heavy (non-hydrogen) atoms. The molecule has 0 aliphatic heterocycles. The van der Waals surface area contributed by atoms with Crippen LogP contribution in [0.15, 0.2) is 47.6 Å². The van der Waals surface area contributed by atoms with E-state index in [9.17, 15) is 19.3 Å². The first-order chi connectivity index (χ1) is 13.3. The summed E-state index contributed by atoms with van der Waals surface area (Å²) in [4.78, 5) is 22.7. The number of carbonyl (C=O) groups excluding carboxylic acids is 1. The second-order valence-corrected chi connectivity index (χ2v) is 7.01. The summed E-state index contributed by atoms with van der Waals surface area (Å²) in [6.07, 6.45) is 0. The number of thioether (sulfide) groups is 1. The summed E-state index contributed by atoms with van der Waals surface area (Å²) in [7, 11) is 1.72. The van der Waals surface area contributed by atoms with Gasteiger partial charge in [-0.2, -0.15) is 0 Å². The van der Waals surface area contributed by atoms with Gasteiger partial charge in [-0.15, -0.1) is 10.2 Å². The highest BCUT2D eigenvalue weighted by Gasteiger charge is 2.18. The number of nitro groups is 1. The lowest BCUT2D eigenvalue weighted by Crippen LogP contribution is -2.15. The van der Waals surface area contributed by atoms with E-state index < -0.39 is 10.8 Å². The van der Waals surface area contributed by atoms with Crippen LogP contribution in [0, 0.1) is 15.9 Å². The number of amides is 1. The number of nitrogens with one attached hydrogen (secondary N) is 1. The van der Waals surface area contributed by atoms with Crippen LogP contribution in [-0.4, -0.2) is 31.3 Å². The summed E-state index contributed by atoms with van der Waals surface area (Å²) in [6.45, 7) is 0. The lowest BCUT2D eigenvalue weighted by molar-refractivity contribution is -0.383. The van der Waals surface area contributed by atoms with Crippen molar-refractivity contribution < 1.29 is 14.1 Å². The van der Waals surface area contributed by atoms with Gasteiger partial charge in [0, 0.05) is 23.7 Å². The molecule has 144 valence electrons. The van der Waals surface area contributed by atoms with E-state index in [-0.39, 0.29) is 28.0 Å². The van der Waals surface area contributed by atoms with Gasteiger partial charge in [0.1, 0.15) is 11.5 Å². The maximum atomic E-state index is 13.1. The second kappa shape index (κ2) is 8.36. The Morgan fingerprint density at radius 2 is 2.00 bits per heavy atom. The van der Waals surface area contributed by atoms with Gasteiger partial charge in [0.25, 0.3) is 5.69 Å². The monoisotopic (exact) mass is 421 g/mol. The van der Waals surface area contributed by atoms with Gasteiger partial charge in [0.05, 0.1) is 10.7 Å². The number of hydrogen-bond donors (Lipinski definition) is 1. The standard InChI is InChI=1S/C17H13ClFN5O3S/c1-23-16(10-2-5-12(19)6-3-10)21-22-17(23)28-9-15(25)20-13-8-11(18)4-7-14(13)24(26)27/h2-8H,9H2,1H3,(H,20,25). The van der Waals surface area contributed by atoms with Gasteiger partial charge in [0.2, 0.25) is 5.91 Å². The number of benzene rings is 2. The smallest absolute Gasteiger partial charge is 0.292 e. The molecule has 1 heterocycles. The maximum absolute atomic E-state index is 13.1. The molecule has 0 atom stereocenters. The van der Waals surface area contributed by atoms with Gasteiger partial charge in [-0.25, -0.2) is 4.39 Å². The molecular formula is C17H13ClFN5O3S. The fraction of sp³-hybridized carbons (Fsp3) is 0.118. The maximum Gasteiger partial charge on any atom is 0.292 e. The van der Waals surface area contributed by atoms with E-state index in [1.165, 1.54) is 30.3 Å². The SMILES string of the molecule is Cn1c(SCC(=O)Nc2cc(Cl)ccc2[N+](=O)[O-])nnc1-c1ccc(F)cc1. The average Bonchev–Trinajstić information content (AvgIpc) is 3.01. The van der Waals surface area contributed by atoms with Gasteiger partial charge in [-0.05, 0) is 36.4 Å². The molecule has 0 bridgehead atoms. The van der Waals surface area contributed by atoms with Crippen LogP contribution >= 0.6 is 23.4 Å². The molecular weight excluding hydrogens is 409 g/mol. The van der Waals surface area contributed by atoms with E-state index in [1.54, 1.807) is 23.7 Å². The minimum Gasteiger partial charge on any atom is -0.320 e. The molecule has 1 N–H and O–H groups in total. The highest BCUT2D eigenvalue weighted by atomic mass is 35.5. The summed E-state index contributed by atoms with van der Waals surface area (Å²) in [5.41, 5.74) is 0.454. The number of hydrogen-bond acceptors (Lipinski definition) is 6. The van der Waals surface area contributed by atoms with E-state index in [0.717, 1.165) is 11.8 Å². The van der Waals surface area contributed by atoms with Crippen LogP contribution in [0.3, 0.4) is 0 Å². The molecule has 0 saturated heterocycles. The summed E-state index contributed by atoms with van der Waals surface area (Å²) in [6, 6.07) is 9.72. The quantitative estimate of drug-likeness (QED) is 0.367. The Balaban J connectivity index is 1.68. The van der Waals surface area contributed by atoms with Gasteiger partial charge >= 0.3 is 0 Å². The van der Waals surface area contributed by atoms with E-state index in [2.05, 4.69) is 15.5 Å². The number of aromatic nitrogens is 3. The van der Waals surface area contributed by atoms with Crippen LogP contribution in [0.2, 0.25) is 5.02 Å². The van der Waals surface area contributed by atoms with Crippen molar-refractivity contribution in [3.8, 4) is 11.4 Å². The molecule has 3 rings (SSSR count). The number of rotatable bonds is 6. The second-order valence-electron chi connectivity index (χ2n) is 5.63. The number of halogens is 2. The van der Waals surface area contributed by atoms with Crippen molar-refractivity contribution in [3.63, 3.8) is 0 Å². The molecule has 0 spiro atoms. The van der Waals surface area contributed by atoms with Gasteiger partial charge < -0.3 is 9.88 Å². The molecule has 0 fully saturated rings. The number of nitro benzene ring substituents is 1. The normalized spacial score (nSPS) is 10.7. The minimum absolute atomic E-state index is 0.0214. The third kappa shape index (κ3) is 4.46. The van der Waals surface area contributed by atoms with Crippen LogP contribution in [-0.2, 0) is 11.8 Å². The summed E-state index contributed by atoms with van der Waals surface area (Å²) in [5.74, 6) is -0.332. The van der Waals surface area contributed by atoms with Crippen LogP contribution in [0.1, 0.15) is 0 Å². The van der Waals surface area contributed by atoms with Crippen molar-refractivity contribution in [3.05, 3.63) is 63.4 Å². The van der Waals surface area contributed by atoms with Crippen molar-refractivity contribution in [2.45, 2.75) is 5.16 Å². The Morgan fingerprint density at radius 1 is 1.29 bits per heavy atom. The average molecular weight is 422 g/mol. The first-order valence-electron chi connectivity index (χ1n) is 7.87. The molecule has 0 unspecified atom stereocenters. The van der Waals surface area contributed by atoms with Crippen molar-refractivity contribution in [1.82, 2.24) is 14.8 Å². The van der Waals surface area contributed by atoms with Gasteiger partial charge in [-0.1, -0.05) is 23.4 Å². The molecule has 8 nitrogen and oxygen atoms in total. The Labute approximate surface area is 167 Å². The van der Waals surface area contributed by atoms with E-state index in [4.69, 9.17) is 11.6 Å². The third-order valence-electron chi connectivity index (χ3n) is 3.70. The fourth-order valence-electron chi connectivity index (χ4n) is 2.37. The molecule has 11 heteroatoms. The highest BCUT2D eigenvalue weighted by Crippen LogP contribution is 2.28. The molecule has 0 radical (unpaired) electrons. The number of anilines is 1.